The number of aromatic nitrogens is 2. The van der Waals surface area contributed by atoms with Gasteiger partial charge in [0.2, 0.25) is 5.28 Å². The van der Waals surface area contributed by atoms with Gasteiger partial charge < -0.3 is 9.64 Å². The summed E-state index contributed by atoms with van der Waals surface area (Å²) < 4.78 is 5.33. The van der Waals surface area contributed by atoms with Crippen molar-refractivity contribution in [3.05, 3.63) is 11.3 Å². The highest BCUT2D eigenvalue weighted by atomic mass is 35.5. The van der Waals surface area contributed by atoms with Crippen LogP contribution in [0.25, 0.3) is 0 Å². The molecule has 0 aliphatic rings. The van der Waals surface area contributed by atoms with Gasteiger partial charge in [-0.3, -0.25) is 5.01 Å². The molecule has 0 fully saturated rings. The minimum absolute atomic E-state index is 0.0925. The molecule has 0 aliphatic carbocycles. The number of ether oxygens (including phenoxy) is 1. The molecule has 1 amide bonds. The Hall–Kier alpha value is -1.76. The summed E-state index contributed by atoms with van der Waals surface area (Å²) >= 11 is 6.03. The molecule has 0 unspecified atom stereocenters. The second-order valence-corrected chi connectivity index (χ2v) is 8.35. The summed E-state index contributed by atoms with van der Waals surface area (Å²) in [7, 11) is 3.72. The summed E-state index contributed by atoms with van der Waals surface area (Å²) in [6.45, 7) is 12.1. The largest absolute Gasteiger partial charge is 0.443 e. The predicted octanol–water partition coefficient (Wildman–Crippen LogP) is 3.49. The lowest BCUT2D eigenvalue weighted by Gasteiger charge is -2.32. The highest BCUT2D eigenvalue weighted by Gasteiger charge is 2.24. The zero-order chi connectivity index (χ0) is 18.7. The normalized spacial score (nSPS) is 11.9. The Morgan fingerprint density at radius 3 is 2.17 bits per heavy atom. The first-order valence-electron chi connectivity index (χ1n) is 7.76. The van der Waals surface area contributed by atoms with Crippen LogP contribution in [0.4, 0.5) is 16.4 Å². The molecule has 0 bridgehead atoms. The van der Waals surface area contributed by atoms with Gasteiger partial charge >= 0.3 is 6.09 Å². The molecular formula is C16H28ClN5O2. The fourth-order valence-corrected chi connectivity index (χ4v) is 2.00. The summed E-state index contributed by atoms with van der Waals surface area (Å²) in [6, 6.07) is 1.76. The summed E-state index contributed by atoms with van der Waals surface area (Å²) in [5, 5.41) is 1.75. The van der Waals surface area contributed by atoms with E-state index in [4.69, 9.17) is 16.3 Å². The molecule has 0 atom stereocenters. The van der Waals surface area contributed by atoms with Crippen molar-refractivity contribution in [3.8, 4) is 0 Å². The van der Waals surface area contributed by atoms with Crippen LogP contribution in [0.5, 0.6) is 0 Å². The molecule has 1 rings (SSSR count). The van der Waals surface area contributed by atoms with Crippen LogP contribution in [0.2, 0.25) is 5.28 Å². The maximum Gasteiger partial charge on any atom is 0.426 e. The molecule has 1 heterocycles. The van der Waals surface area contributed by atoms with Gasteiger partial charge in [-0.15, -0.1) is 0 Å². The minimum atomic E-state index is -0.588. The second-order valence-electron chi connectivity index (χ2n) is 8.01. The maximum atomic E-state index is 12.2. The van der Waals surface area contributed by atoms with Crippen LogP contribution in [0, 0.1) is 5.41 Å². The Bertz CT molecular complexity index is 579. The molecule has 0 aromatic carbocycles. The number of hydrogen-bond acceptors (Lipinski definition) is 6. The van der Waals surface area contributed by atoms with E-state index < -0.39 is 11.7 Å². The van der Waals surface area contributed by atoms with Gasteiger partial charge in [0.15, 0.2) is 5.82 Å². The van der Waals surface area contributed by atoms with E-state index in [9.17, 15) is 4.79 Å². The zero-order valence-electron chi connectivity index (χ0n) is 15.8. The standard InChI is InChI=1S/C16H28ClN5O2/c1-15(2,3)10-22(20-14(23)24-16(4,5)6)12-9-11(21(7)8)18-13(17)19-12/h9H,10H2,1-8H3,(H,20,23). The first kappa shape index (κ1) is 20.3. The fourth-order valence-electron chi connectivity index (χ4n) is 1.82. The first-order chi connectivity index (χ1) is 10.8. The minimum Gasteiger partial charge on any atom is -0.443 e. The van der Waals surface area contributed by atoms with Gasteiger partial charge in [-0.1, -0.05) is 20.8 Å². The summed E-state index contributed by atoms with van der Waals surface area (Å²) in [5.41, 5.74) is 2.06. The van der Waals surface area contributed by atoms with Crippen molar-refractivity contribution in [1.82, 2.24) is 15.4 Å². The van der Waals surface area contributed by atoms with Crippen molar-refractivity contribution in [2.24, 2.45) is 5.41 Å². The molecule has 0 radical (unpaired) electrons. The molecule has 1 aromatic rings. The van der Waals surface area contributed by atoms with E-state index in [1.165, 1.54) is 0 Å². The van der Waals surface area contributed by atoms with E-state index in [0.717, 1.165) is 0 Å². The molecule has 0 aliphatic heterocycles. The van der Waals surface area contributed by atoms with Crippen LogP contribution in [-0.4, -0.2) is 42.3 Å². The molecule has 0 spiro atoms. The molecule has 8 heteroatoms. The van der Waals surface area contributed by atoms with E-state index in [1.807, 2.05) is 39.8 Å². The van der Waals surface area contributed by atoms with E-state index in [1.54, 1.807) is 11.1 Å². The third kappa shape index (κ3) is 7.21. The maximum absolute atomic E-state index is 12.2. The highest BCUT2D eigenvalue weighted by molar-refractivity contribution is 6.28. The number of rotatable bonds is 4. The van der Waals surface area contributed by atoms with Crippen LogP contribution < -0.4 is 15.3 Å². The van der Waals surface area contributed by atoms with Crippen molar-refractivity contribution in [2.45, 2.75) is 47.1 Å². The van der Waals surface area contributed by atoms with Crippen molar-refractivity contribution < 1.29 is 9.53 Å². The monoisotopic (exact) mass is 357 g/mol. The van der Waals surface area contributed by atoms with Crippen LogP contribution >= 0.6 is 11.6 Å². The molecular weight excluding hydrogens is 330 g/mol. The lowest BCUT2D eigenvalue weighted by Crippen LogP contribution is -2.48. The van der Waals surface area contributed by atoms with E-state index >= 15 is 0 Å². The van der Waals surface area contributed by atoms with Gasteiger partial charge in [-0.2, -0.15) is 4.98 Å². The van der Waals surface area contributed by atoms with Crippen LogP contribution in [0.1, 0.15) is 41.5 Å². The van der Waals surface area contributed by atoms with Crippen molar-refractivity contribution >= 4 is 29.3 Å². The van der Waals surface area contributed by atoms with Gasteiger partial charge in [0.1, 0.15) is 11.4 Å². The van der Waals surface area contributed by atoms with Crippen LogP contribution in [-0.2, 0) is 4.74 Å². The molecule has 7 nitrogen and oxygen atoms in total. The zero-order valence-corrected chi connectivity index (χ0v) is 16.5. The molecule has 1 aromatic heterocycles. The SMILES string of the molecule is CN(C)c1cc(N(CC(C)(C)C)NC(=O)OC(C)(C)C)nc(Cl)n1. The average molecular weight is 358 g/mol. The quantitative estimate of drug-likeness (QED) is 0.657. The third-order valence-electron chi connectivity index (χ3n) is 2.66. The van der Waals surface area contributed by atoms with Crippen LogP contribution in [0.3, 0.4) is 0 Å². The molecule has 0 saturated heterocycles. The van der Waals surface area contributed by atoms with Crippen molar-refractivity contribution in [2.75, 3.05) is 30.5 Å². The Morgan fingerprint density at radius 1 is 1.17 bits per heavy atom. The average Bonchev–Trinajstić information content (AvgIpc) is 2.33. The number of hydrogen-bond donors (Lipinski definition) is 1. The van der Waals surface area contributed by atoms with Gasteiger partial charge in [0.05, 0.1) is 0 Å². The number of carbonyl (C=O) groups is 1. The fraction of sp³-hybridized carbons (Fsp3) is 0.688. The van der Waals surface area contributed by atoms with Crippen molar-refractivity contribution in [1.29, 1.82) is 0 Å². The third-order valence-corrected chi connectivity index (χ3v) is 2.83. The Kier molecular flexibility index (Phi) is 6.27. The van der Waals surface area contributed by atoms with Crippen LogP contribution in [0.15, 0.2) is 6.07 Å². The smallest absolute Gasteiger partial charge is 0.426 e. The summed E-state index contributed by atoms with van der Waals surface area (Å²) in [4.78, 5) is 22.4. The lowest BCUT2D eigenvalue weighted by molar-refractivity contribution is 0.0516. The topological polar surface area (TPSA) is 70.6 Å². The van der Waals surface area contributed by atoms with Crippen molar-refractivity contribution in [3.63, 3.8) is 0 Å². The highest BCUT2D eigenvalue weighted by Crippen LogP contribution is 2.23. The number of anilines is 2. The van der Waals surface area contributed by atoms with Gasteiger partial charge in [0, 0.05) is 26.7 Å². The van der Waals surface area contributed by atoms with Gasteiger partial charge in [-0.25, -0.2) is 15.2 Å². The Labute approximate surface area is 149 Å². The first-order valence-corrected chi connectivity index (χ1v) is 8.14. The Balaban J connectivity index is 3.12. The Morgan fingerprint density at radius 2 is 1.71 bits per heavy atom. The van der Waals surface area contributed by atoms with E-state index in [-0.39, 0.29) is 10.7 Å². The lowest BCUT2D eigenvalue weighted by atomic mass is 9.97. The predicted molar refractivity (Wildman–Crippen MR) is 97.5 cm³/mol. The summed E-state index contributed by atoms with van der Waals surface area (Å²) in [6.07, 6.45) is -0.548. The van der Waals surface area contributed by atoms with E-state index in [2.05, 4.69) is 36.2 Å². The number of carbonyl (C=O) groups excluding carboxylic acids is 1. The van der Waals surface area contributed by atoms with E-state index in [0.29, 0.717) is 18.2 Å². The number of nitrogens with zero attached hydrogens (tertiary/aromatic N) is 4. The number of halogens is 1. The second kappa shape index (κ2) is 7.42. The number of hydrazine groups is 1. The van der Waals surface area contributed by atoms with Gasteiger partial charge in [0.25, 0.3) is 0 Å². The number of nitrogens with one attached hydrogen (secondary N) is 1. The molecule has 24 heavy (non-hydrogen) atoms. The van der Waals surface area contributed by atoms with Gasteiger partial charge in [-0.05, 0) is 37.8 Å². The summed E-state index contributed by atoms with van der Waals surface area (Å²) in [5.74, 6) is 1.15. The molecule has 136 valence electrons. The number of amides is 1. The molecule has 1 N–H and O–H groups in total. The molecule has 0 saturated carbocycles.